The first-order chi connectivity index (χ1) is 15.4. The van der Waals surface area contributed by atoms with Crippen molar-refractivity contribution in [2.24, 2.45) is 5.92 Å². The molecular weight excluding hydrogens is 402 g/mol. The quantitative estimate of drug-likeness (QED) is 0.578. The summed E-state index contributed by atoms with van der Waals surface area (Å²) in [7, 11) is 0. The lowest BCUT2D eigenvalue weighted by Gasteiger charge is -2.44. The number of hydrogen-bond acceptors (Lipinski definition) is 5. The maximum atomic E-state index is 14.2. The van der Waals surface area contributed by atoms with Crippen LogP contribution in [0.4, 0.5) is 5.69 Å². The maximum Gasteiger partial charge on any atom is 0.342 e. The number of phenols is 1. The zero-order valence-electron chi connectivity index (χ0n) is 17.9. The predicted molar refractivity (Wildman–Crippen MR) is 123 cm³/mol. The van der Waals surface area contributed by atoms with E-state index in [0.717, 1.165) is 5.56 Å². The highest BCUT2D eigenvalue weighted by Crippen LogP contribution is 2.52. The maximum absolute atomic E-state index is 14.2. The Bertz CT molecular complexity index is 1240. The van der Waals surface area contributed by atoms with Gasteiger partial charge in [0.05, 0.1) is 22.5 Å². The molecule has 5 heteroatoms. The van der Waals surface area contributed by atoms with E-state index in [1.165, 1.54) is 0 Å². The minimum absolute atomic E-state index is 0.0932. The number of hydrogen-bond donors (Lipinski definition) is 1. The minimum Gasteiger partial charge on any atom is -0.508 e. The van der Waals surface area contributed by atoms with E-state index >= 15 is 0 Å². The molecule has 2 aliphatic heterocycles. The minimum atomic E-state index is -1.46. The van der Waals surface area contributed by atoms with Crippen LogP contribution in [0.3, 0.4) is 0 Å². The van der Waals surface area contributed by atoms with Crippen LogP contribution in [-0.4, -0.2) is 22.6 Å². The summed E-state index contributed by atoms with van der Waals surface area (Å²) >= 11 is 0. The van der Waals surface area contributed by atoms with E-state index in [1.807, 2.05) is 61.2 Å². The molecule has 0 amide bonds. The summed E-state index contributed by atoms with van der Waals surface area (Å²) in [6.07, 6.45) is 0.351. The van der Waals surface area contributed by atoms with E-state index in [1.54, 1.807) is 36.4 Å². The standard InChI is InChI=1S/C27H23NO4/c1-17(2)16-27-25(30)23(18-12-14-20(29)15-13-18)24(19-8-4-3-5-9-19)28(27)22-11-7-6-10-21(22)26(31)32-27/h3-15,17,29H,16H2,1-2H3. The van der Waals surface area contributed by atoms with Gasteiger partial charge in [-0.3, -0.25) is 9.69 Å². The molecule has 5 rings (SSSR count). The highest BCUT2D eigenvalue weighted by molar-refractivity contribution is 6.38. The summed E-state index contributed by atoms with van der Waals surface area (Å²) in [6.45, 7) is 4.02. The lowest BCUT2D eigenvalue weighted by molar-refractivity contribution is -0.132. The normalized spacial score (nSPS) is 19.8. The summed E-state index contributed by atoms with van der Waals surface area (Å²) in [6, 6.07) is 23.5. The molecule has 32 heavy (non-hydrogen) atoms. The number of ketones is 1. The Morgan fingerprint density at radius 3 is 2.22 bits per heavy atom. The monoisotopic (exact) mass is 425 g/mol. The average molecular weight is 425 g/mol. The molecule has 0 aromatic heterocycles. The number of rotatable bonds is 4. The number of Topliss-reactive ketones (excluding diaryl/α,β-unsaturated/α-hetero) is 1. The average Bonchev–Trinajstić information content (AvgIpc) is 3.03. The molecule has 1 N–H and O–H groups in total. The third-order valence-corrected chi connectivity index (χ3v) is 5.92. The van der Waals surface area contributed by atoms with E-state index in [0.29, 0.717) is 34.5 Å². The van der Waals surface area contributed by atoms with Crippen molar-refractivity contribution < 1.29 is 19.4 Å². The number of para-hydroxylation sites is 1. The Morgan fingerprint density at radius 1 is 0.875 bits per heavy atom. The number of aromatic hydroxyl groups is 1. The SMILES string of the molecule is CC(C)CC12OC(=O)c3ccccc3N1C(c1ccccc1)=C(c1ccc(O)cc1)C2=O. The van der Waals surface area contributed by atoms with Gasteiger partial charge in [-0.25, -0.2) is 4.79 Å². The smallest absolute Gasteiger partial charge is 0.342 e. The molecular formula is C27H23NO4. The number of carbonyl (C=O) groups is 2. The van der Waals surface area contributed by atoms with Gasteiger partial charge in [0, 0.05) is 6.42 Å². The molecule has 5 nitrogen and oxygen atoms in total. The molecule has 0 bridgehead atoms. The summed E-state index contributed by atoms with van der Waals surface area (Å²) in [5.41, 5.74) is 2.31. The summed E-state index contributed by atoms with van der Waals surface area (Å²) in [4.78, 5) is 29.1. The lowest BCUT2D eigenvalue weighted by Crippen LogP contribution is -2.56. The van der Waals surface area contributed by atoms with Gasteiger partial charge in [-0.1, -0.05) is 68.4 Å². The summed E-state index contributed by atoms with van der Waals surface area (Å²) in [5.74, 6) is -0.535. The van der Waals surface area contributed by atoms with Crippen molar-refractivity contribution in [2.75, 3.05) is 4.90 Å². The fourth-order valence-electron chi connectivity index (χ4n) is 4.70. The molecule has 0 radical (unpaired) electrons. The number of esters is 1. The fraction of sp³-hybridized carbons (Fsp3) is 0.185. The molecule has 0 aliphatic carbocycles. The second kappa shape index (κ2) is 7.38. The van der Waals surface area contributed by atoms with Crippen molar-refractivity contribution in [1.29, 1.82) is 0 Å². The van der Waals surface area contributed by atoms with Crippen LogP contribution in [0.5, 0.6) is 5.75 Å². The molecule has 0 fully saturated rings. The molecule has 0 saturated heterocycles. The van der Waals surface area contributed by atoms with Gasteiger partial charge in [-0.2, -0.15) is 0 Å². The van der Waals surface area contributed by atoms with Crippen molar-refractivity contribution in [1.82, 2.24) is 0 Å². The Balaban J connectivity index is 1.86. The van der Waals surface area contributed by atoms with Crippen LogP contribution in [-0.2, 0) is 9.53 Å². The highest BCUT2D eigenvalue weighted by Gasteiger charge is 2.60. The molecule has 0 spiro atoms. The Labute approximate surface area is 186 Å². The third kappa shape index (κ3) is 2.93. The van der Waals surface area contributed by atoms with Crippen molar-refractivity contribution in [3.8, 4) is 5.75 Å². The first-order valence-corrected chi connectivity index (χ1v) is 10.7. The van der Waals surface area contributed by atoms with Crippen LogP contribution in [0.25, 0.3) is 11.3 Å². The molecule has 160 valence electrons. The summed E-state index contributed by atoms with van der Waals surface area (Å²) in [5, 5.41) is 9.81. The van der Waals surface area contributed by atoms with Crippen molar-refractivity contribution in [3.63, 3.8) is 0 Å². The van der Waals surface area contributed by atoms with Crippen LogP contribution in [0.1, 0.15) is 41.8 Å². The first kappa shape index (κ1) is 20.1. The first-order valence-electron chi connectivity index (χ1n) is 10.7. The number of ether oxygens (including phenoxy) is 1. The van der Waals surface area contributed by atoms with Crippen molar-refractivity contribution >= 4 is 28.7 Å². The van der Waals surface area contributed by atoms with Gasteiger partial charge in [0.2, 0.25) is 5.78 Å². The Hall–Kier alpha value is -3.86. The number of benzene rings is 3. The predicted octanol–water partition coefficient (Wildman–Crippen LogP) is 5.26. The zero-order chi connectivity index (χ0) is 22.5. The van der Waals surface area contributed by atoms with Crippen molar-refractivity contribution in [2.45, 2.75) is 26.0 Å². The zero-order valence-corrected chi connectivity index (χ0v) is 17.9. The van der Waals surface area contributed by atoms with Crippen molar-refractivity contribution in [3.05, 3.63) is 95.6 Å². The van der Waals surface area contributed by atoms with Crippen LogP contribution in [0.2, 0.25) is 0 Å². The van der Waals surface area contributed by atoms with E-state index in [-0.39, 0.29) is 17.5 Å². The van der Waals surface area contributed by atoms with E-state index < -0.39 is 11.7 Å². The van der Waals surface area contributed by atoms with Gasteiger partial charge in [0.25, 0.3) is 5.72 Å². The van der Waals surface area contributed by atoms with E-state index in [2.05, 4.69) is 0 Å². The number of anilines is 1. The van der Waals surface area contributed by atoms with Crippen LogP contribution in [0, 0.1) is 5.92 Å². The number of fused-ring (bicyclic) bond motifs is 3. The van der Waals surface area contributed by atoms with Crippen LogP contribution in [0.15, 0.2) is 78.9 Å². The van der Waals surface area contributed by atoms with Gasteiger partial charge < -0.3 is 9.84 Å². The molecule has 3 aromatic rings. The lowest BCUT2D eigenvalue weighted by atomic mass is 9.90. The topological polar surface area (TPSA) is 66.8 Å². The summed E-state index contributed by atoms with van der Waals surface area (Å²) < 4.78 is 6.02. The van der Waals surface area contributed by atoms with Gasteiger partial charge >= 0.3 is 5.97 Å². The molecule has 0 saturated carbocycles. The molecule has 2 aliphatic rings. The van der Waals surface area contributed by atoms with Gasteiger partial charge in [-0.05, 0) is 41.3 Å². The molecule has 2 heterocycles. The van der Waals surface area contributed by atoms with Crippen LogP contribution >= 0.6 is 0 Å². The highest BCUT2D eigenvalue weighted by atomic mass is 16.6. The molecule has 1 unspecified atom stereocenters. The van der Waals surface area contributed by atoms with Gasteiger partial charge in [-0.15, -0.1) is 0 Å². The van der Waals surface area contributed by atoms with Crippen LogP contribution < -0.4 is 4.90 Å². The number of nitrogens with zero attached hydrogens (tertiary/aromatic N) is 1. The van der Waals surface area contributed by atoms with Gasteiger partial charge in [0.1, 0.15) is 5.75 Å². The fourth-order valence-corrected chi connectivity index (χ4v) is 4.70. The Morgan fingerprint density at radius 2 is 1.53 bits per heavy atom. The second-order valence-corrected chi connectivity index (χ2v) is 8.59. The second-order valence-electron chi connectivity index (χ2n) is 8.59. The number of carbonyl (C=O) groups excluding carboxylic acids is 2. The number of phenolic OH excluding ortho intramolecular Hbond substituents is 1. The van der Waals surface area contributed by atoms with E-state index in [9.17, 15) is 14.7 Å². The van der Waals surface area contributed by atoms with E-state index in [4.69, 9.17) is 4.74 Å². The Kier molecular flexibility index (Phi) is 4.63. The largest absolute Gasteiger partial charge is 0.508 e. The van der Waals surface area contributed by atoms with Gasteiger partial charge in [0.15, 0.2) is 0 Å². The molecule has 3 aromatic carbocycles. The molecule has 1 atom stereocenters. The third-order valence-electron chi connectivity index (χ3n) is 5.92.